The molecule has 0 atom stereocenters. The molecule has 0 aliphatic rings. The molecule has 15 heavy (non-hydrogen) atoms. The number of ether oxygens (including phenoxy) is 1. The largest absolute Gasteiger partial charge is 0.422 e. The normalized spacial score (nSPS) is 9.93. The lowest BCUT2D eigenvalue weighted by atomic mass is 10.3. The molecular formula is C10H8ClN3O. The van der Waals surface area contributed by atoms with E-state index in [0.717, 1.165) is 0 Å². The number of nitrogens with two attached hydrogens (primary N) is 1. The first-order valence-electron chi connectivity index (χ1n) is 4.25. The van der Waals surface area contributed by atoms with Crippen molar-refractivity contribution in [3.63, 3.8) is 0 Å². The van der Waals surface area contributed by atoms with Crippen LogP contribution in [-0.4, -0.2) is 9.97 Å². The molecule has 1 heterocycles. The van der Waals surface area contributed by atoms with Gasteiger partial charge in [-0.15, -0.1) is 0 Å². The van der Waals surface area contributed by atoms with Gasteiger partial charge in [0.1, 0.15) is 0 Å². The predicted octanol–water partition coefficient (Wildman–Crippen LogP) is 2.50. The summed E-state index contributed by atoms with van der Waals surface area (Å²) in [4.78, 5) is 7.83. The summed E-state index contributed by atoms with van der Waals surface area (Å²) in [5.74, 6) is 0.453. The third-order valence-electron chi connectivity index (χ3n) is 1.72. The molecular weight excluding hydrogens is 214 g/mol. The van der Waals surface area contributed by atoms with E-state index in [1.807, 2.05) is 0 Å². The molecule has 4 nitrogen and oxygen atoms in total. The third kappa shape index (κ3) is 2.35. The molecule has 0 unspecified atom stereocenters. The van der Waals surface area contributed by atoms with E-state index in [0.29, 0.717) is 16.5 Å². The van der Waals surface area contributed by atoms with E-state index in [4.69, 9.17) is 22.1 Å². The molecule has 1 aromatic carbocycles. The van der Waals surface area contributed by atoms with Gasteiger partial charge in [0.2, 0.25) is 0 Å². The highest BCUT2D eigenvalue weighted by Crippen LogP contribution is 2.28. The number of rotatable bonds is 2. The molecule has 0 spiro atoms. The summed E-state index contributed by atoms with van der Waals surface area (Å²) >= 11 is 5.81. The highest BCUT2D eigenvalue weighted by molar-refractivity contribution is 6.30. The second kappa shape index (κ2) is 4.14. The first-order chi connectivity index (χ1) is 7.25. The Bertz CT molecular complexity index is 461. The van der Waals surface area contributed by atoms with Gasteiger partial charge in [0.25, 0.3) is 0 Å². The molecule has 0 saturated heterocycles. The molecule has 0 fully saturated rings. The SMILES string of the molecule is Nc1ccc(Cl)cc1Oc1ncccn1. The number of anilines is 1. The maximum absolute atomic E-state index is 5.81. The van der Waals surface area contributed by atoms with Crippen LogP contribution < -0.4 is 10.5 Å². The van der Waals surface area contributed by atoms with Gasteiger partial charge in [-0.3, -0.25) is 0 Å². The summed E-state index contributed by atoms with van der Waals surface area (Å²) in [7, 11) is 0. The fraction of sp³-hybridized carbons (Fsp3) is 0. The van der Waals surface area contributed by atoms with Crippen LogP contribution in [0.5, 0.6) is 11.8 Å². The topological polar surface area (TPSA) is 61.0 Å². The molecule has 0 amide bonds. The number of hydrogen-bond donors (Lipinski definition) is 1. The van der Waals surface area contributed by atoms with Crippen molar-refractivity contribution in [3.8, 4) is 11.8 Å². The average Bonchev–Trinajstić information content (AvgIpc) is 2.25. The van der Waals surface area contributed by atoms with Crippen LogP contribution >= 0.6 is 11.6 Å². The van der Waals surface area contributed by atoms with Crippen LogP contribution in [0.15, 0.2) is 36.7 Å². The lowest BCUT2D eigenvalue weighted by Crippen LogP contribution is -1.94. The lowest BCUT2D eigenvalue weighted by Gasteiger charge is -2.06. The van der Waals surface area contributed by atoms with Crippen LogP contribution in [0.2, 0.25) is 5.02 Å². The molecule has 76 valence electrons. The number of nitrogens with zero attached hydrogens (tertiary/aromatic N) is 2. The summed E-state index contributed by atoms with van der Waals surface area (Å²) in [6, 6.07) is 6.92. The van der Waals surface area contributed by atoms with Crippen molar-refractivity contribution in [1.82, 2.24) is 9.97 Å². The first-order valence-corrected chi connectivity index (χ1v) is 4.63. The summed E-state index contributed by atoms with van der Waals surface area (Å²) in [6.45, 7) is 0. The second-order valence-electron chi connectivity index (χ2n) is 2.82. The molecule has 0 aliphatic heterocycles. The highest BCUT2D eigenvalue weighted by Gasteiger charge is 2.04. The molecule has 2 N–H and O–H groups in total. The van der Waals surface area contributed by atoms with Crippen LogP contribution in [0.25, 0.3) is 0 Å². The first kappa shape index (κ1) is 9.73. The number of nitrogen functional groups attached to an aromatic ring is 1. The van der Waals surface area contributed by atoms with E-state index in [9.17, 15) is 0 Å². The van der Waals surface area contributed by atoms with E-state index in [1.54, 1.807) is 36.7 Å². The van der Waals surface area contributed by atoms with Gasteiger partial charge >= 0.3 is 6.01 Å². The van der Waals surface area contributed by atoms with Gasteiger partial charge in [-0.1, -0.05) is 11.6 Å². The zero-order valence-corrected chi connectivity index (χ0v) is 8.48. The maximum Gasteiger partial charge on any atom is 0.321 e. The maximum atomic E-state index is 5.81. The quantitative estimate of drug-likeness (QED) is 0.792. The fourth-order valence-electron chi connectivity index (χ4n) is 1.03. The van der Waals surface area contributed by atoms with Crippen LogP contribution in [0.3, 0.4) is 0 Å². The van der Waals surface area contributed by atoms with E-state index >= 15 is 0 Å². The Morgan fingerprint density at radius 3 is 2.67 bits per heavy atom. The van der Waals surface area contributed by atoms with Crippen LogP contribution in [-0.2, 0) is 0 Å². The van der Waals surface area contributed by atoms with Crippen molar-refractivity contribution in [2.45, 2.75) is 0 Å². The van der Waals surface area contributed by atoms with Crippen LogP contribution in [0.1, 0.15) is 0 Å². The molecule has 1 aromatic heterocycles. The van der Waals surface area contributed by atoms with Crippen LogP contribution in [0.4, 0.5) is 5.69 Å². The summed E-state index contributed by atoms with van der Waals surface area (Å²) < 4.78 is 5.36. The summed E-state index contributed by atoms with van der Waals surface area (Å²) in [5.41, 5.74) is 6.19. The number of hydrogen-bond acceptors (Lipinski definition) is 4. The Labute approximate surface area is 91.7 Å². The zero-order valence-electron chi connectivity index (χ0n) is 7.72. The van der Waals surface area contributed by atoms with Gasteiger partial charge in [-0.05, 0) is 18.2 Å². The van der Waals surface area contributed by atoms with Crippen molar-refractivity contribution >= 4 is 17.3 Å². The van der Waals surface area contributed by atoms with Gasteiger partial charge in [-0.2, -0.15) is 0 Å². The molecule has 2 rings (SSSR count). The van der Waals surface area contributed by atoms with Crippen molar-refractivity contribution in [2.75, 3.05) is 5.73 Å². The van der Waals surface area contributed by atoms with E-state index < -0.39 is 0 Å². The Balaban J connectivity index is 2.28. The van der Waals surface area contributed by atoms with Crippen molar-refractivity contribution in [1.29, 1.82) is 0 Å². The van der Waals surface area contributed by atoms with Gasteiger partial charge in [0, 0.05) is 23.5 Å². The minimum Gasteiger partial charge on any atom is -0.422 e. The minimum atomic E-state index is 0.242. The van der Waals surface area contributed by atoms with Gasteiger partial charge in [0.05, 0.1) is 5.69 Å². The van der Waals surface area contributed by atoms with Crippen molar-refractivity contribution < 1.29 is 4.74 Å². The van der Waals surface area contributed by atoms with Gasteiger partial charge < -0.3 is 10.5 Å². The molecule has 0 aliphatic carbocycles. The molecule has 5 heteroatoms. The summed E-state index contributed by atoms with van der Waals surface area (Å²) in [6.07, 6.45) is 3.17. The monoisotopic (exact) mass is 221 g/mol. The van der Waals surface area contributed by atoms with Gasteiger partial charge in [-0.25, -0.2) is 9.97 Å². The molecule has 2 aromatic rings. The average molecular weight is 222 g/mol. The van der Waals surface area contributed by atoms with Crippen molar-refractivity contribution in [2.24, 2.45) is 0 Å². The Morgan fingerprint density at radius 2 is 1.93 bits per heavy atom. The third-order valence-corrected chi connectivity index (χ3v) is 1.95. The molecule has 0 radical (unpaired) electrons. The Hall–Kier alpha value is -1.81. The molecule has 0 bridgehead atoms. The van der Waals surface area contributed by atoms with Crippen LogP contribution in [0, 0.1) is 0 Å². The predicted molar refractivity (Wildman–Crippen MR) is 58.0 cm³/mol. The highest BCUT2D eigenvalue weighted by atomic mass is 35.5. The van der Waals surface area contributed by atoms with E-state index in [2.05, 4.69) is 9.97 Å². The Morgan fingerprint density at radius 1 is 1.20 bits per heavy atom. The van der Waals surface area contributed by atoms with E-state index in [-0.39, 0.29) is 6.01 Å². The number of aromatic nitrogens is 2. The minimum absolute atomic E-state index is 0.242. The van der Waals surface area contributed by atoms with E-state index in [1.165, 1.54) is 0 Å². The standard InChI is InChI=1S/C10H8ClN3O/c11-7-2-3-8(12)9(6-7)15-10-13-4-1-5-14-10/h1-6H,12H2. The van der Waals surface area contributed by atoms with Crippen molar-refractivity contribution in [3.05, 3.63) is 41.7 Å². The lowest BCUT2D eigenvalue weighted by molar-refractivity contribution is 0.444. The molecule has 0 saturated carbocycles. The number of benzene rings is 1. The Kier molecular flexibility index (Phi) is 2.69. The summed E-state index contributed by atoms with van der Waals surface area (Å²) in [5, 5.41) is 0.551. The second-order valence-corrected chi connectivity index (χ2v) is 3.25. The van der Waals surface area contributed by atoms with Gasteiger partial charge in [0.15, 0.2) is 5.75 Å². The number of halogens is 1. The smallest absolute Gasteiger partial charge is 0.321 e. The fourth-order valence-corrected chi connectivity index (χ4v) is 1.20. The zero-order chi connectivity index (χ0) is 10.7.